The van der Waals surface area contributed by atoms with Crippen LogP contribution in [-0.4, -0.2) is 31.0 Å². The number of anilines is 1. The summed E-state index contributed by atoms with van der Waals surface area (Å²) in [4.78, 5) is 27.6. The lowest BCUT2D eigenvalue weighted by molar-refractivity contribution is -0.132. The number of rotatable bonds is 5. The first-order valence-electron chi connectivity index (χ1n) is 10.0. The summed E-state index contributed by atoms with van der Waals surface area (Å²) in [7, 11) is 2.82. The van der Waals surface area contributed by atoms with Gasteiger partial charge in [0.05, 0.1) is 36.4 Å². The number of carbonyl (C=O) groups excluding carboxylic acids is 2. The molecule has 3 aromatic carbocycles. The van der Waals surface area contributed by atoms with Gasteiger partial charge in [0.2, 0.25) is 0 Å². The van der Waals surface area contributed by atoms with E-state index in [1.54, 1.807) is 24.3 Å². The maximum atomic E-state index is 14.1. The third-order valence-corrected chi connectivity index (χ3v) is 5.91. The van der Waals surface area contributed by atoms with Crippen LogP contribution in [0.4, 0.5) is 10.1 Å². The van der Waals surface area contributed by atoms with Crippen LogP contribution in [0.25, 0.3) is 5.76 Å². The zero-order chi connectivity index (χ0) is 24.6. The minimum Gasteiger partial charge on any atom is -0.507 e. The zero-order valence-corrected chi connectivity index (χ0v) is 19.5. The molecule has 1 unspecified atom stereocenters. The molecule has 4 rings (SSSR count). The Morgan fingerprint density at radius 1 is 1.00 bits per heavy atom. The molecule has 1 aliphatic heterocycles. The maximum absolute atomic E-state index is 14.1. The number of hydrogen-bond acceptors (Lipinski definition) is 5. The number of aliphatic hydroxyl groups excluding tert-OH is 1. The second kappa shape index (κ2) is 9.37. The molecule has 1 saturated heterocycles. The van der Waals surface area contributed by atoms with Crippen LogP contribution in [-0.2, 0) is 9.59 Å². The van der Waals surface area contributed by atoms with Gasteiger partial charge in [0.25, 0.3) is 11.7 Å². The lowest BCUT2D eigenvalue weighted by atomic mass is 9.94. The van der Waals surface area contributed by atoms with Crippen molar-refractivity contribution in [3.8, 4) is 11.5 Å². The largest absolute Gasteiger partial charge is 0.507 e. The van der Waals surface area contributed by atoms with E-state index in [0.717, 1.165) is 11.0 Å². The van der Waals surface area contributed by atoms with Gasteiger partial charge in [0.1, 0.15) is 23.1 Å². The fourth-order valence-electron chi connectivity index (χ4n) is 3.94. The number of ether oxygens (including phenoxy) is 2. The van der Waals surface area contributed by atoms with Gasteiger partial charge < -0.3 is 14.6 Å². The van der Waals surface area contributed by atoms with E-state index in [-0.39, 0.29) is 32.6 Å². The molecule has 0 radical (unpaired) electrons. The number of hydrogen-bond donors (Lipinski definition) is 1. The molecular formula is C25H18Cl2FNO5. The summed E-state index contributed by atoms with van der Waals surface area (Å²) in [6.07, 6.45) is 0. The Hall–Kier alpha value is -3.55. The minimum absolute atomic E-state index is 0.0325. The van der Waals surface area contributed by atoms with Crippen molar-refractivity contribution in [2.45, 2.75) is 6.04 Å². The van der Waals surface area contributed by atoms with Crippen molar-refractivity contribution >= 4 is 46.3 Å². The molecule has 174 valence electrons. The highest BCUT2D eigenvalue weighted by Gasteiger charge is 2.47. The number of methoxy groups -OCH3 is 2. The number of benzene rings is 3. The number of carbonyl (C=O) groups is 2. The normalized spacial score (nSPS) is 17.2. The molecule has 1 atom stereocenters. The first-order chi connectivity index (χ1) is 16.3. The van der Waals surface area contributed by atoms with Crippen molar-refractivity contribution in [2.75, 3.05) is 19.1 Å². The van der Waals surface area contributed by atoms with Gasteiger partial charge in [-0.25, -0.2) is 4.39 Å². The quantitative estimate of drug-likeness (QED) is 0.272. The fraction of sp³-hybridized carbons (Fsp3) is 0.120. The number of Topliss-reactive ketones (excluding diaryl/α,β-unsaturated/α-hetero) is 1. The fourth-order valence-corrected chi connectivity index (χ4v) is 4.51. The van der Waals surface area contributed by atoms with Gasteiger partial charge in [-0.1, -0.05) is 41.4 Å². The second-order valence-corrected chi connectivity index (χ2v) is 8.24. The van der Waals surface area contributed by atoms with Crippen molar-refractivity contribution in [3.05, 3.63) is 93.2 Å². The van der Waals surface area contributed by atoms with E-state index in [1.807, 2.05) is 0 Å². The molecule has 9 heteroatoms. The van der Waals surface area contributed by atoms with Crippen LogP contribution in [0, 0.1) is 5.82 Å². The van der Waals surface area contributed by atoms with E-state index >= 15 is 0 Å². The van der Waals surface area contributed by atoms with Crippen LogP contribution in [0.3, 0.4) is 0 Å². The number of amides is 1. The van der Waals surface area contributed by atoms with Crippen molar-refractivity contribution in [2.24, 2.45) is 0 Å². The topological polar surface area (TPSA) is 76.1 Å². The molecular weight excluding hydrogens is 484 g/mol. The van der Waals surface area contributed by atoms with E-state index in [2.05, 4.69) is 0 Å². The van der Waals surface area contributed by atoms with Gasteiger partial charge in [0.15, 0.2) is 0 Å². The molecule has 1 fully saturated rings. The van der Waals surface area contributed by atoms with E-state index < -0.39 is 29.3 Å². The molecule has 0 spiro atoms. The third kappa shape index (κ3) is 4.08. The van der Waals surface area contributed by atoms with Gasteiger partial charge in [0, 0.05) is 10.7 Å². The minimum atomic E-state index is -1.10. The molecule has 1 N–H and O–H groups in total. The average Bonchev–Trinajstić information content (AvgIpc) is 3.08. The lowest BCUT2D eigenvalue weighted by Gasteiger charge is -2.26. The summed E-state index contributed by atoms with van der Waals surface area (Å²) >= 11 is 12.4. The summed E-state index contributed by atoms with van der Waals surface area (Å²) in [5, 5.41) is 11.6. The standard InChI is InChI=1S/C25H18Cl2FNO5/c1-33-17-8-3-5-13(9-17)21-20(22(30)18-10-14(26)11-19(27)24(18)34-2)23(31)25(32)29(21)16-7-4-6-15(28)12-16/h3-12,21,30H,1-2H3/b22-20+. The predicted octanol–water partition coefficient (Wildman–Crippen LogP) is 5.78. The van der Waals surface area contributed by atoms with Gasteiger partial charge in [-0.15, -0.1) is 0 Å². The maximum Gasteiger partial charge on any atom is 0.300 e. The SMILES string of the molecule is COc1cccc(C2/C(=C(\O)c3cc(Cl)cc(Cl)c3OC)C(=O)C(=O)N2c2cccc(F)c2)c1. The van der Waals surface area contributed by atoms with Crippen LogP contribution in [0.5, 0.6) is 11.5 Å². The molecule has 0 aromatic heterocycles. The number of aliphatic hydroxyl groups is 1. The summed E-state index contributed by atoms with van der Waals surface area (Å²) in [6.45, 7) is 0. The molecule has 0 aliphatic carbocycles. The second-order valence-electron chi connectivity index (χ2n) is 7.39. The van der Waals surface area contributed by atoms with E-state index in [4.69, 9.17) is 32.7 Å². The van der Waals surface area contributed by atoms with E-state index in [1.165, 1.54) is 44.6 Å². The van der Waals surface area contributed by atoms with Crippen molar-refractivity contribution in [3.63, 3.8) is 0 Å². The van der Waals surface area contributed by atoms with Crippen LogP contribution in [0.15, 0.2) is 66.2 Å². The Labute approximate surface area is 204 Å². The molecule has 1 amide bonds. The summed E-state index contributed by atoms with van der Waals surface area (Å²) in [5.41, 5.74) is 0.394. The van der Waals surface area contributed by atoms with Gasteiger partial charge in [-0.05, 0) is 48.0 Å². The highest BCUT2D eigenvalue weighted by atomic mass is 35.5. The molecule has 6 nitrogen and oxygen atoms in total. The van der Waals surface area contributed by atoms with Gasteiger partial charge in [-0.2, -0.15) is 0 Å². The van der Waals surface area contributed by atoms with Crippen LogP contribution >= 0.6 is 23.2 Å². The van der Waals surface area contributed by atoms with Crippen LogP contribution < -0.4 is 14.4 Å². The van der Waals surface area contributed by atoms with Gasteiger partial charge in [-0.3, -0.25) is 14.5 Å². The Morgan fingerprint density at radius 3 is 2.41 bits per heavy atom. The predicted molar refractivity (Wildman–Crippen MR) is 127 cm³/mol. The molecule has 1 heterocycles. The first-order valence-corrected chi connectivity index (χ1v) is 10.8. The molecule has 1 aliphatic rings. The van der Waals surface area contributed by atoms with Crippen LogP contribution in [0.1, 0.15) is 17.2 Å². The lowest BCUT2D eigenvalue weighted by Crippen LogP contribution is -2.29. The van der Waals surface area contributed by atoms with Crippen molar-refractivity contribution in [1.29, 1.82) is 0 Å². The third-order valence-electron chi connectivity index (χ3n) is 5.41. The van der Waals surface area contributed by atoms with Crippen LogP contribution in [0.2, 0.25) is 10.0 Å². The Balaban J connectivity index is 2.02. The summed E-state index contributed by atoms with van der Waals surface area (Å²) in [5.74, 6) is -2.49. The number of halogens is 3. The highest BCUT2D eigenvalue weighted by Crippen LogP contribution is 2.45. The van der Waals surface area contributed by atoms with Crippen molar-refractivity contribution < 1.29 is 28.6 Å². The summed E-state index contributed by atoms with van der Waals surface area (Å²) in [6, 6.07) is 13.6. The molecule has 0 saturated carbocycles. The molecule has 0 bridgehead atoms. The Kier molecular flexibility index (Phi) is 6.50. The highest BCUT2D eigenvalue weighted by molar-refractivity contribution is 6.52. The molecule has 3 aromatic rings. The first kappa shape index (κ1) is 23.6. The number of nitrogens with zero attached hydrogens (tertiary/aromatic N) is 1. The number of ketones is 1. The van der Waals surface area contributed by atoms with Gasteiger partial charge >= 0.3 is 0 Å². The molecule has 34 heavy (non-hydrogen) atoms. The van der Waals surface area contributed by atoms with E-state index in [9.17, 15) is 19.1 Å². The Bertz CT molecular complexity index is 1340. The van der Waals surface area contributed by atoms with Crippen molar-refractivity contribution in [1.82, 2.24) is 0 Å². The average molecular weight is 502 g/mol. The zero-order valence-electron chi connectivity index (χ0n) is 18.0. The van der Waals surface area contributed by atoms with E-state index in [0.29, 0.717) is 11.3 Å². The summed E-state index contributed by atoms with van der Waals surface area (Å²) < 4.78 is 24.7. The Morgan fingerprint density at radius 2 is 1.74 bits per heavy atom. The smallest absolute Gasteiger partial charge is 0.300 e. The monoisotopic (exact) mass is 501 g/mol.